The summed E-state index contributed by atoms with van der Waals surface area (Å²) >= 11 is 0. The Morgan fingerprint density at radius 3 is 2.40 bits per heavy atom. The normalized spacial score (nSPS) is 15.1. The van der Waals surface area contributed by atoms with Crippen molar-refractivity contribution in [2.24, 2.45) is 0 Å². The maximum atomic E-state index is 12.4. The summed E-state index contributed by atoms with van der Waals surface area (Å²) in [5.74, 6) is 0.167. The molecule has 1 heterocycles. The van der Waals surface area contributed by atoms with E-state index in [9.17, 15) is 14.9 Å². The fraction of sp³-hybridized carbons (Fsp3) is 0.316. The van der Waals surface area contributed by atoms with Crippen LogP contribution in [0.15, 0.2) is 54.6 Å². The molecule has 1 fully saturated rings. The van der Waals surface area contributed by atoms with Crippen LogP contribution in [0.25, 0.3) is 0 Å². The van der Waals surface area contributed by atoms with Gasteiger partial charge in [0.15, 0.2) is 0 Å². The van der Waals surface area contributed by atoms with Crippen molar-refractivity contribution in [1.82, 2.24) is 4.90 Å². The topological polar surface area (TPSA) is 67.9 Å². The monoisotopic (exact) mass is 340 g/mol. The third-order valence-electron chi connectivity index (χ3n) is 4.60. The molecule has 2 aromatic rings. The molecule has 0 radical (unpaired) electrons. The fourth-order valence-electron chi connectivity index (χ4n) is 3.20. The highest BCUT2D eigenvalue weighted by Gasteiger charge is 2.24. The molecule has 0 unspecified atom stereocenters. The van der Waals surface area contributed by atoms with E-state index in [1.807, 2.05) is 41.3 Å². The standard InChI is InChI=1S/C19H21N3O3/c23-19(14-16-5-2-1-3-6-16)21-11-9-20(10-12-21)15-17-7-4-8-18(13-17)22(24)25/h1-8,13H,9-12,14-15H2/p+1. The highest BCUT2D eigenvalue weighted by molar-refractivity contribution is 5.78. The van der Waals surface area contributed by atoms with Crippen LogP contribution in [0, 0.1) is 10.1 Å². The molecular formula is C19H22N3O3+. The van der Waals surface area contributed by atoms with Crippen LogP contribution >= 0.6 is 0 Å². The largest absolute Gasteiger partial charge is 0.331 e. The zero-order valence-corrected chi connectivity index (χ0v) is 14.1. The van der Waals surface area contributed by atoms with E-state index in [1.165, 1.54) is 11.0 Å². The number of rotatable bonds is 5. The van der Waals surface area contributed by atoms with Crippen molar-refractivity contribution in [3.05, 3.63) is 75.8 Å². The van der Waals surface area contributed by atoms with Gasteiger partial charge in [-0.3, -0.25) is 14.9 Å². The highest BCUT2D eigenvalue weighted by atomic mass is 16.6. The number of nitrogens with one attached hydrogen (secondary N) is 1. The molecule has 0 saturated carbocycles. The van der Waals surface area contributed by atoms with Gasteiger partial charge in [0.25, 0.3) is 5.69 Å². The molecule has 0 bridgehead atoms. The van der Waals surface area contributed by atoms with Crippen molar-refractivity contribution in [1.29, 1.82) is 0 Å². The number of quaternary nitrogens is 1. The third-order valence-corrected chi connectivity index (χ3v) is 4.60. The molecule has 1 aliphatic rings. The van der Waals surface area contributed by atoms with E-state index >= 15 is 0 Å². The van der Waals surface area contributed by atoms with Crippen LogP contribution in [0.4, 0.5) is 5.69 Å². The van der Waals surface area contributed by atoms with Crippen LogP contribution in [0.2, 0.25) is 0 Å². The first-order valence-corrected chi connectivity index (χ1v) is 8.50. The first kappa shape index (κ1) is 17.1. The molecule has 25 heavy (non-hydrogen) atoms. The summed E-state index contributed by atoms with van der Waals surface area (Å²) in [6.07, 6.45) is 0.445. The molecule has 1 N–H and O–H groups in total. The molecule has 1 saturated heterocycles. The second kappa shape index (κ2) is 7.90. The maximum Gasteiger partial charge on any atom is 0.269 e. The lowest BCUT2D eigenvalue weighted by atomic mass is 10.1. The number of non-ortho nitro benzene ring substituents is 1. The van der Waals surface area contributed by atoms with Gasteiger partial charge in [0, 0.05) is 17.7 Å². The lowest BCUT2D eigenvalue weighted by Gasteiger charge is -2.32. The number of piperazine rings is 1. The molecule has 6 heteroatoms. The van der Waals surface area contributed by atoms with Crippen LogP contribution in [-0.4, -0.2) is 41.9 Å². The summed E-state index contributed by atoms with van der Waals surface area (Å²) in [5, 5.41) is 10.9. The van der Waals surface area contributed by atoms with Crippen LogP contribution in [0.3, 0.4) is 0 Å². The van der Waals surface area contributed by atoms with Crippen molar-refractivity contribution in [2.45, 2.75) is 13.0 Å². The van der Waals surface area contributed by atoms with Crippen molar-refractivity contribution in [3.63, 3.8) is 0 Å². The quantitative estimate of drug-likeness (QED) is 0.654. The van der Waals surface area contributed by atoms with Gasteiger partial charge in [-0.05, 0) is 5.56 Å². The fourth-order valence-corrected chi connectivity index (χ4v) is 3.20. The van der Waals surface area contributed by atoms with Crippen LogP contribution in [0.1, 0.15) is 11.1 Å². The van der Waals surface area contributed by atoms with E-state index in [0.717, 1.165) is 43.9 Å². The molecule has 1 amide bonds. The van der Waals surface area contributed by atoms with E-state index in [2.05, 4.69) is 0 Å². The van der Waals surface area contributed by atoms with Gasteiger partial charge in [0.1, 0.15) is 6.54 Å². The summed E-state index contributed by atoms with van der Waals surface area (Å²) in [4.78, 5) is 26.2. The van der Waals surface area contributed by atoms with Gasteiger partial charge in [-0.1, -0.05) is 42.5 Å². The molecular weight excluding hydrogens is 318 g/mol. The second-order valence-electron chi connectivity index (χ2n) is 6.40. The summed E-state index contributed by atoms with van der Waals surface area (Å²) in [6.45, 7) is 3.95. The van der Waals surface area contributed by atoms with E-state index < -0.39 is 0 Å². The van der Waals surface area contributed by atoms with Crippen molar-refractivity contribution in [2.75, 3.05) is 26.2 Å². The Morgan fingerprint density at radius 2 is 1.72 bits per heavy atom. The number of hydrogen-bond donors (Lipinski definition) is 1. The molecule has 0 aliphatic carbocycles. The van der Waals surface area contributed by atoms with Gasteiger partial charge in [-0.2, -0.15) is 0 Å². The maximum absolute atomic E-state index is 12.4. The third kappa shape index (κ3) is 4.64. The number of carbonyl (C=O) groups is 1. The molecule has 0 spiro atoms. The predicted octanol–water partition coefficient (Wildman–Crippen LogP) is 1.06. The number of amides is 1. The Kier molecular flexibility index (Phi) is 5.40. The average Bonchev–Trinajstić information content (AvgIpc) is 2.63. The van der Waals surface area contributed by atoms with E-state index in [0.29, 0.717) is 6.42 Å². The van der Waals surface area contributed by atoms with Crippen molar-refractivity contribution < 1.29 is 14.6 Å². The van der Waals surface area contributed by atoms with Gasteiger partial charge in [0.05, 0.1) is 37.5 Å². The van der Waals surface area contributed by atoms with Gasteiger partial charge in [0.2, 0.25) is 5.91 Å². The Balaban J connectivity index is 1.51. The minimum absolute atomic E-state index is 0.133. The molecule has 0 atom stereocenters. The summed E-state index contributed by atoms with van der Waals surface area (Å²) in [5.41, 5.74) is 2.14. The SMILES string of the molecule is O=C(Cc1ccccc1)N1CC[NH+](Cc2cccc([N+](=O)[O-])c2)CC1. The molecule has 3 rings (SSSR count). The van der Waals surface area contributed by atoms with Crippen LogP contribution < -0.4 is 4.90 Å². The van der Waals surface area contributed by atoms with Gasteiger partial charge in [-0.15, -0.1) is 0 Å². The first-order valence-electron chi connectivity index (χ1n) is 8.50. The zero-order chi connectivity index (χ0) is 17.6. The Bertz CT molecular complexity index is 741. The highest BCUT2D eigenvalue weighted by Crippen LogP contribution is 2.12. The number of nitro groups is 1. The van der Waals surface area contributed by atoms with E-state index in [-0.39, 0.29) is 16.5 Å². The van der Waals surface area contributed by atoms with Gasteiger partial charge in [-0.25, -0.2) is 0 Å². The Morgan fingerprint density at radius 1 is 1.04 bits per heavy atom. The number of nitrogens with zero attached hydrogens (tertiary/aromatic N) is 2. The number of nitro benzene ring substituents is 1. The minimum Gasteiger partial charge on any atom is -0.331 e. The molecule has 2 aromatic carbocycles. The predicted molar refractivity (Wildman–Crippen MR) is 94.2 cm³/mol. The summed E-state index contributed by atoms with van der Waals surface area (Å²) in [7, 11) is 0. The summed E-state index contributed by atoms with van der Waals surface area (Å²) < 4.78 is 0. The smallest absolute Gasteiger partial charge is 0.269 e. The lowest BCUT2D eigenvalue weighted by Crippen LogP contribution is -3.13. The van der Waals surface area contributed by atoms with Gasteiger partial charge < -0.3 is 9.80 Å². The number of benzene rings is 2. The van der Waals surface area contributed by atoms with Crippen LogP contribution in [-0.2, 0) is 17.8 Å². The number of hydrogen-bond acceptors (Lipinski definition) is 3. The molecule has 1 aliphatic heterocycles. The first-order chi connectivity index (χ1) is 12.1. The lowest BCUT2D eigenvalue weighted by molar-refractivity contribution is -0.917. The Labute approximate surface area is 146 Å². The van der Waals surface area contributed by atoms with Gasteiger partial charge >= 0.3 is 0 Å². The Hall–Kier alpha value is -2.73. The van der Waals surface area contributed by atoms with Crippen molar-refractivity contribution in [3.8, 4) is 0 Å². The number of carbonyl (C=O) groups excluding carboxylic acids is 1. The second-order valence-corrected chi connectivity index (χ2v) is 6.40. The van der Waals surface area contributed by atoms with E-state index in [1.54, 1.807) is 12.1 Å². The molecule has 0 aromatic heterocycles. The zero-order valence-electron chi connectivity index (χ0n) is 14.1. The van der Waals surface area contributed by atoms with Crippen LogP contribution in [0.5, 0.6) is 0 Å². The molecule has 6 nitrogen and oxygen atoms in total. The average molecular weight is 340 g/mol. The van der Waals surface area contributed by atoms with E-state index in [4.69, 9.17) is 0 Å². The van der Waals surface area contributed by atoms with Crippen molar-refractivity contribution >= 4 is 11.6 Å². The molecule has 130 valence electrons. The minimum atomic E-state index is -0.362. The summed E-state index contributed by atoms with van der Waals surface area (Å²) in [6, 6.07) is 16.6.